The summed E-state index contributed by atoms with van der Waals surface area (Å²) in [4.78, 5) is 22.4. The highest BCUT2D eigenvalue weighted by atomic mass is 35.5. The molecule has 0 radical (unpaired) electrons. The Hall–Kier alpha value is -0.970. The number of carbonyl (C=O) groups excluding carboxylic acids is 1. The van der Waals surface area contributed by atoms with E-state index in [2.05, 4.69) is 4.74 Å². The van der Waals surface area contributed by atoms with Gasteiger partial charge < -0.3 is 14.7 Å². The number of carboxylic acid groups (broad SMARTS) is 1. The molecule has 1 aliphatic heterocycles. The van der Waals surface area contributed by atoms with Gasteiger partial charge in [-0.2, -0.15) is 0 Å². The van der Waals surface area contributed by atoms with Crippen molar-refractivity contribution in [3.05, 3.63) is 0 Å². The van der Waals surface area contributed by atoms with Crippen LogP contribution in [0, 0.1) is 0 Å². The van der Waals surface area contributed by atoms with Crippen molar-refractivity contribution < 1.29 is 19.4 Å². The lowest BCUT2D eigenvalue weighted by atomic mass is 10.0. The van der Waals surface area contributed by atoms with Gasteiger partial charge in [-0.3, -0.25) is 0 Å². The third kappa shape index (κ3) is 3.06. The first-order chi connectivity index (χ1) is 6.61. The third-order valence-electron chi connectivity index (χ3n) is 2.26. The van der Waals surface area contributed by atoms with Crippen LogP contribution >= 0.6 is 11.6 Å². The number of halogens is 1. The van der Waals surface area contributed by atoms with Crippen LogP contribution in [0.2, 0.25) is 0 Å². The molecule has 5 nitrogen and oxygen atoms in total. The summed E-state index contributed by atoms with van der Waals surface area (Å²) in [7, 11) is 0. The zero-order valence-corrected chi connectivity index (χ0v) is 8.37. The Bertz CT molecular complexity index is 233. The second kappa shape index (κ2) is 5.05. The average Bonchev–Trinajstić information content (AvgIpc) is 2.15. The molecule has 0 aliphatic carbocycles. The molecule has 0 aromatic carbocycles. The van der Waals surface area contributed by atoms with Gasteiger partial charge in [-0.1, -0.05) is 0 Å². The van der Waals surface area contributed by atoms with Crippen LogP contribution in [0.3, 0.4) is 0 Å². The molecule has 80 valence electrons. The Morgan fingerprint density at radius 1 is 1.50 bits per heavy atom. The molecule has 6 heteroatoms. The van der Waals surface area contributed by atoms with Crippen molar-refractivity contribution in [3.8, 4) is 0 Å². The number of ether oxygens (including phenoxy) is 1. The number of piperidine rings is 1. The standard InChI is InChI=1S/C8H12ClNO4/c9-7(11)14-5-6-3-1-2-4-10(6)8(12)13/h6H,1-5H2,(H,12,13)/t6-/m1/s1. The molecular weight excluding hydrogens is 210 g/mol. The molecule has 0 aromatic heterocycles. The minimum absolute atomic E-state index is 0.0502. The first-order valence-electron chi connectivity index (χ1n) is 4.43. The van der Waals surface area contributed by atoms with E-state index in [1.165, 1.54) is 4.90 Å². The van der Waals surface area contributed by atoms with E-state index in [4.69, 9.17) is 16.7 Å². The summed E-state index contributed by atoms with van der Waals surface area (Å²) in [5, 5.41) is 8.83. The van der Waals surface area contributed by atoms with Gasteiger partial charge in [0.15, 0.2) is 0 Å². The minimum atomic E-state index is -0.972. The number of hydrogen-bond acceptors (Lipinski definition) is 3. The van der Waals surface area contributed by atoms with E-state index in [9.17, 15) is 9.59 Å². The molecule has 0 saturated carbocycles. The van der Waals surface area contributed by atoms with E-state index in [0.29, 0.717) is 6.54 Å². The van der Waals surface area contributed by atoms with Crippen molar-refractivity contribution in [2.75, 3.05) is 13.2 Å². The Labute approximate surface area is 86.6 Å². The molecule has 0 bridgehead atoms. The molecule has 1 aliphatic rings. The van der Waals surface area contributed by atoms with Crippen LogP contribution in [0.15, 0.2) is 0 Å². The Morgan fingerprint density at radius 2 is 2.21 bits per heavy atom. The molecule has 1 fully saturated rings. The summed E-state index contributed by atoms with van der Waals surface area (Å²) >= 11 is 5.00. The van der Waals surface area contributed by atoms with Gasteiger partial charge in [0.2, 0.25) is 0 Å². The summed E-state index contributed by atoms with van der Waals surface area (Å²) in [6.07, 6.45) is 1.56. The van der Waals surface area contributed by atoms with Crippen LogP contribution in [0.5, 0.6) is 0 Å². The Morgan fingerprint density at radius 3 is 2.79 bits per heavy atom. The molecule has 0 unspecified atom stereocenters. The van der Waals surface area contributed by atoms with Crippen molar-refractivity contribution in [2.24, 2.45) is 0 Å². The molecule has 14 heavy (non-hydrogen) atoms. The normalized spacial score (nSPS) is 21.8. The van der Waals surface area contributed by atoms with Gasteiger partial charge in [-0.05, 0) is 19.3 Å². The lowest BCUT2D eigenvalue weighted by Gasteiger charge is -2.32. The summed E-state index contributed by atoms with van der Waals surface area (Å²) in [5.74, 6) is 0. The number of hydrogen-bond donors (Lipinski definition) is 1. The van der Waals surface area contributed by atoms with Gasteiger partial charge in [0.25, 0.3) is 0 Å². The molecule has 1 rings (SSSR count). The van der Waals surface area contributed by atoms with Crippen molar-refractivity contribution in [3.63, 3.8) is 0 Å². The highest BCUT2D eigenvalue weighted by Gasteiger charge is 2.27. The van der Waals surface area contributed by atoms with Gasteiger partial charge >= 0.3 is 11.5 Å². The first kappa shape index (κ1) is 11.1. The minimum Gasteiger partial charge on any atom is -0.465 e. The molecular formula is C8H12ClNO4. The van der Waals surface area contributed by atoms with Crippen LogP contribution in [0.25, 0.3) is 0 Å². The fraction of sp³-hybridized carbons (Fsp3) is 0.750. The summed E-state index contributed by atoms with van der Waals surface area (Å²) in [6, 6.07) is -0.246. The van der Waals surface area contributed by atoms with Crippen LogP contribution in [-0.4, -0.2) is 40.7 Å². The molecule has 1 heterocycles. The van der Waals surface area contributed by atoms with Crippen LogP contribution < -0.4 is 0 Å². The quantitative estimate of drug-likeness (QED) is 0.724. The summed E-state index contributed by atoms with van der Waals surface area (Å²) < 4.78 is 4.58. The second-order valence-electron chi connectivity index (χ2n) is 3.17. The fourth-order valence-electron chi connectivity index (χ4n) is 1.59. The van der Waals surface area contributed by atoms with E-state index in [1.807, 2.05) is 0 Å². The lowest BCUT2D eigenvalue weighted by molar-refractivity contribution is 0.0710. The monoisotopic (exact) mass is 221 g/mol. The zero-order valence-electron chi connectivity index (χ0n) is 7.61. The summed E-state index contributed by atoms with van der Waals surface area (Å²) in [6.45, 7) is 0.550. The smallest absolute Gasteiger partial charge is 0.407 e. The maximum Gasteiger partial charge on any atom is 0.407 e. The van der Waals surface area contributed by atoms with Crippen molar-refractivity contribution in [1.82, 2.24) is 4.90 Å². The van der Waals surface area contributed by atoms with Gasteiger partial charge in [-0.25, -0.2) is 9.59 Å². The van der Waals surface area contributed by atoms with Crippen molar-refractivity contribution in [2.45, 2.75) is 25.3 Å². The average molecular weight is 222 g/mol. The molecule has 1 amide bonds. The molecule has 1 N–H and O–H groups in total. The lowest BCUT2D eigenvalue weighted by Crippen LogP contribution is -2.45. The Balaban J connectivity index is 2.45. The molecule has 0 spiro atoms. The SMILES string of the molecule is O=C(Cl)OC[C@H]1CCCCN1C(=O)O. The van der Waals surface area contributed by atoms with Crippen LogP contribution in [-0.2, 0) is 4.74 Å². The molecule has 1 atom stereocenters. The Kier molecular flexibility index (Phi) is 4.00. The topological polar surface area (TPSA) is 66.8 Å². The number of rotatable bonds is 2. The maximum atomic E-state index is 10.8. The highest BCUT2D eigenvalue weighted by Crippen LogP contribution is 2.17. The van der Waals surface area contributed by atoms with Gasteiger partial charge in [-0.15, -0.1) is 0 Å². The number of likely N-dealkylation sites (tertiary alicyclic amines) is 1. The zero-order chi connectivity index (χ0) is 10.6. The fourth-order valence-corrected chi connectivity index (χ4v) is 1.65. The number of nitrogens with zero attached hydrogens (tertiary/aromatic N) is 1. The van der Waals surface area contributed by atoms with Gasteiger partial charge in [0, 0.05) is 18.1 Å². The van der Waals surface area contributed by atoms with Gasteiger partial charge in [0.1, 0.15) is 6.61 Å². The van der Waals surface area contributed by atoms with Gasteiger partial charge in [0.05, 0.1) is 6.04 Å². The third-order valence-corrected chi connectivity index (χ3v) is 2.37. The van der Waals surface area contributed by atoms with E-state index in [-0.39, 0.29) is 12.6 Å². The van der Waals surface area contributed by atoms with Crippen LogP contribution in [0.1, 0.15) is 19.3 Å². The molecule has 1 saturated heterocycles. The molecule has 0 aromatic rings. The van der Waals surface area contributed by atoms with Crippen molar-refractivity contribution >= 4 is 23.1 Å². The highest BCUT2D eigenvalue weighted by molar-refractivity contribution is 6.61. The van der Waals surface area contributed by atoms with E-state index in [0.717, 1.165) is 19.3 Å². The van der Waals surface area contributed by atoms with E-state index < -0.39 is 11.5 Å². The predicted octanol–water partition coefficient (Wildman–Crippen LogP) is 1.89. The van der Waals surface area contributed by atoms with Crippen molar-refractivity contribution in [1.29, 1.82) is 0 Å². The number of amides is 1. The summed E-state index contributed by atoms with van der Waals surface area (Å²) in [5.41, 5.74) is -0.888. The maximum absolute atomic E-state index is 10.8. The first-order valence-corrected chi connectivity index (χ1v) is 4.81. The van der Waals surface area contributed by atoms with E-state index >= 15 is 0 Å². The predicted molar refractivity (Wildman–Crippen MR) is 49.6 cm³/mol. The largest absolute Gasteiger partial charge is 0.465 e. The van der Waals surface area contributed by atoms with Crippen LogP contribution in [0.4, 0.5) is 9.59 Å². The number of carbonyl (C=O) groups is 2. The van der Waals surface area contributed by atoms with E-state index in [1.54, 1.807) is 0 Å². The second-order valence-corrected chi connectivity index (χ2v) is 3.48.